The molecule has 0 spiro atoms. The lowest BCUT2D eigenvalue weighted by Gasteiger charge is -2.51. The van der Waals surface area contributed by atoms with Crippen LogP contribution in [0.15, 0.2) is 24.3 Å². The zero-order chi connectivity index (χ0) is 15.2. The number of piperidine rings is 1. The fourth-order valence-corrected chi connectivity index (χ4v) is 4.69. The van der Waals surface area contributed by atoms with Gasteiger partial charge in [0.1, 0.15) is 0 Å². The number of rotatable bonds is 4. The van der Waals surface area contributed by atoms with Crippen LogP contribution in [0.25, 0.3) is 0 Å². The summed E-state index contributed by atoms with van der Waals surface area (Å²) in [5.41, 5.74) is 7.77. The molecule has 2 bridgehead atoms. The monoisotopic (exact) mass is 298 g/mol. The van der Waals surface area contributed by atoms with Gasteiger partial charge in [-0.15, -0.1) is 0 Å². The summed E-state index contributed by atoms with van der Waals surface area (Å²) < 4.78 is 0. The number of carbonyl (C=O) groups is 1. The average Bonchev–Trinajstić information content (AvgIpc) is 3.35. The summed E-state index contributed by atoms with van der Waals surface area (Å²) in [6.07, 6.45) is 9.31. The molecule has 3 heteroatoms. The van der Waals surface area contributed by atoms with Gasteiger partial charge in [0.15, 0.2) is 0 Å². The molecule has 2 atom stereocenters. The quantitative estimate of drug-likeness (QED) is 0.928. The number of fused-ring (bicyclic) bond motifs is 2. The van der Waals surface area contributed by atoms with Crippen LogP contribution >= 0.6 is 0 Å². The Morgan fingerprint density at radius 1 is 1.27 bits per heavy atom. The summed E-state index contributed by atoms with van der Waals surface area (Å²) in [6, 6.07) is 8.86. The number of primary amides is 1. The van der Waals surface area contributed by atoms with Gasteiger partial charge in [0.05, 0.1) is 0 Å². The van der Waals surface area contributed by atoms with Crippen molar-refractivity contribution >= 4 is 5.91 Å². The molecule has 2 unspecified atom stereocenters. The molecule has 1 aliphatic heterocycles. The SMILES string of the molecule is NC(=O)c1cccc(C23CCCC(C2)N(CC2CC2)CC3)c1. The largest absolute Gasteiger partial charge is 0.366 e. The first-order valence-electron chi connectivity index (χ1n) is 8.81. The van der Waals surface area contributed by atoms with Crippen molar-refractivity contribution in [2.24, 2.45) is 11.7 Å². The lowest BCUT2D eigenvalue weighted by Crippen LogP contribution is -2.52. The first kappa shape index (κ1) is 14.3. The van der Waals surface area contributed by atoms with Crippen LogP contribution in [0.3, 0.4) is 0 Å². The smallest absolute Gasteiger partial charge is 0.248 e. The predicted molar refractivity (Wildman–Crippen MR) is 87.8 cm³/mol. The highest BCUT2D eigenvalue weighted by Crippen LogP contribution is 2.47. The summed E-state index contributed by atoms with van der Waals surface area (Å²) >= 11 is 0. The predicted octanol–water partition coefficient (Wildman–Crippen LogP) is 3.08. The van der Waals surface area contributed by atoms with Gasteiger partial charge in [-0.2, -0.15) is 0 Å². The van der Waals surface area contributed by atoms with E-state index in [0.717, 1.165) is 12.0 Å². The molecule has 2 aliphatic carbocycles. The van der Waals surface area contributed by atoms with E-state index in [4.69, 9.17) is 5.73 Å². The lowest BCUT2D eigenvalue weighted by atomic mass is 9.63. The Bertz CT molecular complexity index is 581. The molecule has 22 heavy (non-hydrogen) atoms. The molecule has 3 nitrogen and oxygen atoms in total. The maximum Gasteiger partial charge on any atom is 0.248 e. The fourth-order valence-electron chi connectivity index (χ4n) is 4.69. The van der Waals surface area contributed by atoms with Crippen molar-refractivity contribution in [2.75, 3.05) is 13.1 Å². The third-order valence-corrected chi connectivity index (χ3v) is 6.16. The van der Waals surface area contributed by atoms with Gasteiger partial charge in [0, 0.05) is 18.2 Å². The van der Waals surface area contributed by atoms with Crippen LogP contribution in [0, 0.1) is 5.92 Å². The Morgan fingerprint density at radius 3 is 2.91 bits per heavy atom. The third-order valence-electron chi connectivity index (χ3n) is 6.16. The molecule has 1 aromatic carbocycles. The van der Waals surface area contributed by atoms with Crippen molar-refractivity contribution in [1.82, 2.24) is 4.90 Å². The second-order valence-electron chi connectivity index (χ2n) is 7.66. The van der Waals surface area contributed by atoms with E-state index in [0.29, 0.717) is 5.56 Å². The van der Waals surface area contributed by atoms with Gasteiger partial charge in [0.2, 0.25) is 5.91 Å². The van der Waals surface area contributed by atoms with E-state index in [9.17, 15) is 4.79 Å². The van der Waals surface area contributed by atoms with E-state index in [2.05, 4.69) is 17.0 Å². The van der Waals surface area contributed by atoms with Gasteiger partial charge in [-0.3, -0.25) is 4.79 Å². The molecule has 3 fully saturated rings. The molecule has 2 N–H and O–H groups in total. The highest BCUT2D eigenvalue weighted by molar-refractivity contribution is 5.92. The van der Waals surface area contributed by atoms with Crippen molar-refractivity contribution in [2.45, 2.75) is 56.4 Å². The standard InChI is InChI=1S/C19H26N2O/c20-18(22)15-3-1-4-16(11-15)19-8-2-5-17(12-19)21(10-9-19)13-14-6-7-14/h1,3-4,11,14,17H,2,5-10,12-13H2,(H2,20,22). The van der Waals surface area contributed by atoms with Crippen molar-refractivity contribution in [3.8, 4) is 0 Å². The number of hydrogen-bond donors (Lipinski definition) is 1. The zero-order valence-corrected chi connectivity index (χ0v) is 13.3. The summed E-state index contributed by atoms with van der Waals surface area (Å²) in [7, 11) is 0. The Balaban J connectivity index is 1.58. The maximum absolute atomic E-state index is 11.5. The Labute approximate surface area is 132 Å². The van der Waals surface area contributed by atoms with Crippen LogP contribution in [-0.4, -0.2) is 29.9 Å². The van der Waals surface area contributed by atoms with E-state index in [-0.39, 0.29) is 11.3 Å². The Morgan fingerprint density at radius 2 is 2.14 bits per heavy atom. The number of nitrogens with zero attached hydrogens (tertiary/aromatic N) is 1. The molecule has 3 aliphatic rings. The average molecular weight is 298 g/mol. The minimum absolute atomic E-state index is 0.286. The van der Waals surface area contributed by atoms with Gasteiger partial charge in [-0.1, -0.05) is 18.6 Å². The zero-order valence-electron chi connectivity index (χ0n) is 13.3. The van der Waals surface area contributed by atoms with E-state index in [1.165, 1.54) is 63.6 Å². The molecule has 0 aromatic heterocycles. The van der Waals surface area contributed by atoms with Gasteiger partial charge in [-0.05, 0) is 74.1 Å². The first-order chi connectivity index (χ1) is 10.7. The second-order valence-corrected chi connectivity index (χ2v) is 7.66. The molecule has 1 saturated heterocycles. The fraction of sp³-hybridized carbons (Fsp3) is 0.632. The molecule has 2 saturated carbocycles. The van der Waals surface area contributed by atoms with Crippen molar-refractivity contribution in [3.05, 3.63) is 35.4 Å². The van der Waals surface area contributed by atoms with Crippen LogP contribution in [0.4, 0.5) is 0 Å². The Kier molecular flexibility index (Phi) is 3.48. The normalized spacial score (nSPS) is 31.9. The second kappa shape index (κ2) is 5.38. The van der Waals surface area contributed by atoms with Crippen LogP contribution in [0.2, 0.25) is 0 Å². The van der Waals surface area contributed by atoms with Gasteiger partial charge in [0.25, 0.3) is 0 Å². The minimum Gasteiger partial charge on any atom is -0.366 e. The van der Waals surface area contributed by atoms with Crippen molar-refractivity contribution in [3.63, 3.8) is 0 Å². The van der Waals surface area contributed by atoms with Crippen molar-refractivity contribution < 1.29 is 4.79 Å². The topological polar surface area (TPSA) is 46.3 Å². The van der Waals surface area contributed by atoms with E-state index >= 15 is 0 Å². The van der Waals surface area contributed by atoms with Crippen molar-refractivity contribution in [1.29, 1.82) is 0 Å². The minimum atomic E-state index is -0.309. The molecule has 4 rings (SSSR count). The van der Waals surface area contributed by atoms with E-state index in [1.54, 1.807) is 0 Å². The van der Waals surface area contributed by atoms with E-state index in [1.807, 2.05) is 12.1 Å². The molecular formula is C19H26N2O. The highest BCUT2D eigenvalue weighted by atomic mass is 16.1. The summed E-state index contributed by atoms with van der Waals surface area (Å²) in [5, 5.41) is 0. The maximum atomic E-state index is 11.5. The Hall–Kier alpha value is -1.35. The van der Waals surface area contributed by atoms with Gasteiger partial charge >= 0.3 is 0 Å². The number of carbonyl (C=O) groups excluding carboxylic acids is 1. The first-order valence-corrected chi connectivity index (χ1v) is 8.81. The van der Waals surface area contributed by atoms with Gasteiger partial charge < -0.3 is 10.6 Å². The van der Waals surface area contributed by atoms with Gasteiger partial charge in [-0.25, -0.2) is 0 Å². The molecule has 1 amide bonds. The summed E-state index contributed by atoms with van der Waals surface area (Å²) in [5.74, 6) is 0.671. The highest BCUT2D eigenvalue weighted by Gasteiger charge is 2.44. The molecule has 118 valence electrons. The number of likely N-dealkylation sites (tertiary alicyclic amines) is 1. The summed E-state index contributed by atoms with van der Waals surface area (Å²) in [4.78, 5) is 14.3. The number of amides is 1. The molecular weight excluding hydrogens is 272 g/mol. The van der Waals surface area contributed by atoms with E-state index < -0.39 is 0 Å². The molecule has 1 heterocycles. The van der Waals surface area contributed by atoms with Crippen LogP contribution in [0.1, 0.15) is 60.9 Å². The number of hydrogen-bond acceptors (Lipinski definition) is 2. The summed E-state index contributed by atoms with van der Waals surface area (Å²) in [6.45, 7) is 2.55. The van der Waals surface area contributed by atoms with Crippen LogP contribution in [-0.2, 0) is 5.41 Å². The molecule has 1 aromatic rings. The third kappa shape index (κ3) is 2.56. The lowest BCUT2D eigenvalue weighted by molar-refractivity contribution is 0.0482. The van der Waals surface area contributed by atoms with Crippen LogP contribution < -0.4 is 5.73 Å². The number of benzene rings is 1. The van der Waals surface area contributed by atoms with Crippen LogP contribution in [0.5, 0.6) is 0 Å². The number of nitrogens with two attached hydrogens (primary N) is 1. The molecule has 0 radical (unpaired) electrons.